The normalized spacial score (nSPS) is 11.4. The molecule has 0 amide bonds. The SMILES string of the molecule is c1ccc(-c2ccc(-c3ccc(N(c4cccc(-c5ccc6c(c5)c(-c5ccccc5)c(-c5ccccc5)c5ccccc56)c4)c4ccc5sc6ccccc6c5c4)cc3)cc2)cc1. The first-order valence-electron chi connectivity index (χ1n) is 21.9. The summed E-state index contributed by atoms with van der Waals surface area (Å²) in [6.07, 6.45) is 0. The van der Waals surface area contributed by atoms with E-state index in [9.17, 15) is 0 Å². The number of hydrogen-bond acceptors (Lipinski definition) is 2. The molecule has 2 heteroatoms. The minimum Gasteiger partial charge on any atom is -0.310 e. The summed E-state index contributed by atoms with van der Waals surface area (Å²) < 4.78 is 2.60. The molecule has 0 fully saturated rings. The largest absolute Gasteiger partial charge is 0.310 e. The third-order valence-corrected chi connectivity index (χ3v) is 13.8. The molecule has 0 spiro atoms. The smallest absolute Gasteiger partial charge is 0.0468 e. The maximum absolute atomic E-state index is 2.42. The average Bonchev–Trinajstić information content (AvgIpc) is 3.75. The Bertz CT molecular complexity index is 3630. The van der Waals surface area contributed by atoms with Crippen molar-refractivity contribution in [3.8, 4) is 55.6 Å². The number of rotatable bonds is 8. The molecule has 0 aliphatic heterocycles. The molecular weight excluding hydrogens is 791 g/mol. The van der Waals surface area contributed by atoms with Gasteiger partial charge in [-0.25, -0.2) is 0 Å². The molecule has 300 valence electrons. The maximum Gasteiger partial charge on any atom is 0.0468 e. The Kier molecular flexibility index (Phi) is 9.43. The van der Waals surface area contributed by atoms with Gasteiger partial charge in [0.05, 0.1) is 0 Å². The second-order valence-electron chi connectivity index (χ2n) is 16.4. The molecule has 1 nitrogen and oxygen atoms in total. The standard InChI is InChI=1S/C62H41NS/c1-4-15-42(16-5-1)43-27-29-44(30-28-43)45-31-34-50(35-32-45)63(52-36-38-60-57(41-52)55-24-12-13-26-59(55)64-60)51-22-14-21-48(39-51)49-33-37-54-53-23-10-11-25-56(53)61(46-17-6-2-7-18-46)62(58(54)40-49)47-19-8-3-9-20-47/h1-41H. The van der Waals surface area contributed by atoms with Gasteiger partial charge in [-0.2, -0.15) is 0 Å². The van der Waals surface area contributed by atoms with Crippen molar-refractivity contribution in [2.75, 3.05) is 4.90 Å². The minimum atomic E-state index is 1.10. The summed E-state index contributed by atoms with van der Waals surface area (Å²) in [5.74, 6) is 0. The fourth-order valence-electron chi connectivity index (χ4n) is 9.59. The summed E-state index contributed by atoms with van der Waals surface area (Å²) in [5.41, 5.74) is 15.4. The van der Waals surface area contributed by atoms with Crippen LogP contribution in [0.3, 0.4) is 0 Å². The lowest BCUT2D eigenvalue weighted by atomic mass is 9.84. The Morgan fingerprint density at radius 2 is 0.656 bits per heavy atom. The second-order valence-corrected chi connectivity index (χ2v) is 17.5. The molecule has 0 aliphatic rings. The van der Waals surface area contributed by atoms with Crippen molar-refractivity contribution in [3.63, 3.8) is 0 Å². The first-order chi connectivity index (χ1) is 31.7. The molecule has 64 heavy (non-hydrogen) atoms. The van der Waals surface area contributed by atoms with Crippen LogP contribution in [-0.4, -0.2) is 0 Å². The van der Waals surface area contributed by atoms with E-state index in [1.54, 1.807) is 0 Å². The third-order valence-electron chi connectivity index (χ3n) is 12.7. The van der Waals surface area contributed by atoms with Gasteiger partial charge in [-0.3, -0.25) is 0 Å². The van der Waals surface area contributed by atoms with Crippen molar-refractivity contribution < 1.29 is 0 Å². The summed E-state index contributed by atoms with van der Waals surface area (Å²) in [6.45, 7) is 0. The highest BCUT2D eigenvalue weighted by atomic mass is 32.1. The van der Waals surface area contributed by atoms with E-state index in [1.165, 1.54) is 91.8 Å². The third kappa shape index (κ3) is 6.73. The number of thiophene rings is 1. The zero-order chi connectivity index (χ0) is 42.4. The fourth-order valence-corrected chi connectivity index (χ4v) is 10.7. The van der Waals surface area contributed by atoms with Crippen molar-refractivity contribution >= 4 is 70.1 Å². The molecule has 12 rings (SSSR count). The Hall–Kier alpha value is -8.04. The van der Waals surface area contributed by atoms with Crippen molar-refractivity contribution in [1.29, 1.82) is 0 Å². The molecule has 0 unspecified atom stereocenters. The van der Waals surface area contributed by atoms with Crippen molar-refractivity contribution in [2.45, 2.75) is 0 Å². The van der Waals surface area contributed by atoms with E-state index in [1.807, 2.05) is 11.3 Å². The summed E-state index contributed by atoms with van der Waals surface area (Å²) in [7, 11) is 0. The van der Waals surface area contributed by atoms with Crippen LogP contribution < -0.4 is 4.90 Å². The predicted octanol–water partition coefficient (Wildman–Crippen LogP) is 18.2. The molecule has 0 radical (unpaired) electrons. The van der Waals surface area contributed by atoms with Gasteiger partial charge in [-0.15, -0.1) is 11.3 Å². The zero-order valence-electron chi connectivity index (χ0n) is 35.0. The van der Waals surface area contributed by atoms with Crippen LogP contribution in [0.1, 0.15) is 0 Å². The number of benzene rings is 11. The summed E-state index contributed by atoms with van der Waals surface area (Å²) >= 11 is 1.85. The van der Waals surface area contributed by atoms with E-state index >= 15 is 0 Å². The Balaban J connectivity index is 1.01. The highest BCUT2D eigenvalue weighted by Crippen LogP contribution is 2.47. The van der Waals surface area contributed by atoms with E-state index in [4.69, 9.17) is 0 Å². The first-order valence-corrected chi connectivity index (χ1v) is 22.7. The van der Waals surface area contributed by atoms with Gasteiger partial charge in [0.25, 0.3) is 0 Å². The molecule has 0 atom stereocenters. The average molecular weight is 832 g/mol. The Labute approximate surface area is 377 Å². The summed E-state index contributed by atoms with van der Waals surface area (Å²) in [5, 5.41) is 7.58. The van der Waals surface area contributed by atoms with Gasteiger partial charge >= 0.3 is 0 Å². The van der Waals surface area contributed by atoms with Crippen LogP contribution in [-0.2, 0) is 0 Å². The Morgan fingerprint density at radius 3 is 1.33 bits per heavy atom. The molecule has 0 N–H and O–H groups in total. The van der Waals surface area contributed by atoms with E-state index in [-0.39, 0.29) is 0 Å². The fraction of sp³-hybridized carbons (Fsp3) is 0. The molecule has 11 aromatic carbocycles. The van der Waals surface area contributed by atoms with Gasteiger partial charge in [-0.05, 0) is 132 Å². The minimum absolute atomic E-state index is 1.10. The molecule has 12 aromatic rings. The first kappa shape index (κ1) is 37.7. The van der Waals surface area contributed by atoms with E-state index in [0.717, 1.165) is 22.6 Å². The lowest BCUT2D eigenvalue weighted by Crippen LogP contribution is -2.10. The van der Waals surface area contributed by atoms with Crippen molar-refractivity contribution in [3.05, 3.63) is 249 Å². The second kappa shape index (κ2) is 16.0. The molecule has 0 saturated carbocycles. The van der Waals surface area contributed by atoms with E-state index in [0.29, 0.717) is 0 Å². The number of anilines is 3. The van der Waals surface area contributed by atoms with E-state index in [2.05, 4.69) is 254 Å². The van der Waals surface area contributed by atoms with Gasteiger partial charge in [-0.1, -0.05) is 194 Å². The number of nitrogens with zero attached hydrogens (tertiary/aromatic N) is 1. The molecule has 1 heterocycles. The zero-order valence-corrected chi connectivity index (χ0v) is 35.8. The number of fused-ring (bicyclic) bond motifs is 6. The lowest BCUT2D eigenvalue weighted by Gasteiger charge is -2.26. The van der Waals surface area contributed by atoms with Crippen LogP contribution >= 0.6 is 11.3 Å². The topological polar surface area (TPSA) is 3.24 Å². The van der Waals surface area contributed by atoms with Gasteiger partial charge in [0, 0.05) is 37.2 Å². The van der Waals surface area contributed by atoms with Crippen LogP contribution in [0.5, 0.6) is 0 Å². The summed E-state index contributed by atoms with van der Waals surface area (Å²) in [4.78, 5) is 2.41. The highest BCUT2D eigenvalue weighted by molar-refractivity contribution is 7.25. The van der Waals surface area contributed by atoms with Crippen LogP contribution in [0.15, 0.2) is 249 Å². The highest BCUT2D eigenvalue weighted by Gasteiger charge is 2.20. The van der Waals surface area contributed by atoms with Gasteiger partial charge in [0.1, 0.15) is 0 Å². The van der Waals surface area contributed by atoms with Crippen molar-refractivity contribution in [2.24, 2.45) is 0 Å². The van der Waals surface area contributed by atoms with Crippen LogP contribution in [0.4, 0.5) is 17.1 Å². The van der Waals surface area contributed by atoms with E-state index < -0.39 is 0 Å². The monoisotopic (exact) mass is 831 g/mol. The van der Waals surface area contributed by atoms with Gasteiger partial charge in [0.2, 0.25) is 0 Å². The van der Waals surface area contributed by atoms with Crippen LogP contribution in [0.2, 0.25) is 0 Å². The quantitative estimate of drug-likeness (QED) is 0.138. The molecular formula is C62H41NS. The molecule has 0 saturated heterocycles. The van der Waals surface area contributed by atoms with Crippen molar-refractivity contribution in [1.82, 2.24) is 0 Å². The molecule has 1 aromatic heterocycles. The molecule has 0 aliphatic carbocycles. The van der Waals surface area contributed by atoms with Crippen LogP contribution in [0.25, 0.3) is 97.4 Å². The van der Waals surface area contributed by atoms with Crippen LogP contribution in [0, 0.1) is 0 Å². The Morgan fingerprint density at radius 1 is 0.219 bits per heavy atom. The lowest BCUT2D eigenvalue weighted by molar-refractivity contribution is 1.29. The maximum atomic E-state index is 2.42. The van der Waals surface area contributed by atoms with Gasteiger partial charge in [0.15, 0.2) is 0 Å². The predicted molar refractivity (Wildman–Crippen MR) is 276 cm³/mol. The number of hydrogen-bond donors (Lipinski definition) is 0. The molecule has 0 bridgehead atoms. The van der Waals surface area contributed by atoms with Gasteiger partial charge < -0.3 is 4.90 Å². The summed E-state index contributed by atoms with van der Waals surface area (Å²) in [6, 6.07) is 91.0.